The van der Waals surface area contributed by atoms with Crippen LogP contribution in [-0.4, -0.2) is 23.1 Å². The maximum atomic E-state index is 10.4. The lowest BCUT2D eigenvalue weighted by molar-refractivity contribution is -0.384. The summed E-state index contributed by atoms with van der Waals surface area (Å²) in [4.78, 5) is 15.5. The van der Waals surface area contributed by atoms with E-state index < -0.39 is 4.92 Å². The number of hydrogen-bond donors (Lipinski definition) is 0. The monoisotopic (exact) mass is 208 g/mol. The first kappa shape index (κ1) is 9.92. The highest BCUT2D eigenvalue weighted by molar-refractivity contribution is 5.35. The SMILES string of the molecule is O=[N+]([O-])c1ccc(ON2CCCC2)cc1. The van der Waals surface area contributed by atoms with Crippen molar-refractivity contribution in [1.82, 2.24) is 5.06 Å². The number of hydrogen-bond acceptors (Lipinski definition) is 4. The van der Waals surface area contributed by atoms with Crippen LogP contribution >= 0.6 is 0 Å². The van der Waals surface area contributed by atoms with E-state index in [0.29, 0.717) is 5.75 Å². The van der Waals surface area contributed by atoms with Crippen LogP contribution in [0.5, 0.6) is 5.75 Å². The molecule has 80 valence electrons. The average molecular weight is 208 g/mol. The van der Waals surface area contributed by atoms with Crippen molar-refractivity contribution in [2.75, 3.05) is 13.1 Å². The molecule has 0 aromatic heterocycles. The van der Waals surface area contributed by atoms with Gasteiger partial charge in [0.15, 0.2) is 0 Å². The number of nitrogens with zero attached hydrogens (tertiary/aromatic N) is 2. The summed E-state index contributed by atoms with van der Waals surface area (Å²) < 4.78 is 0. The smallest absolute Gasteiger partial charge is 0.269 e. The Hall–Kier alpha value is -1.62. The third-order valence-electron chi connectivity index (χ3n) is 2.35. The molecule has 0 amide bonds. The molecule has 15 heavy (non-hydrogen) atoms. The van der Waals surface area contributed by atoms with Gasteiger partial charge in [0.05, 0.1) is 4.92 Å². The molecule has 0 saturated carbocycles. The van der Waals surface area contributed by atoms with E-state index in [0.717, 1.165) is 25.9 Å². The number of non-ortho nitro benzene ring substituents is 1. The number of benzene rings is 1. The van der Waals surface area contributed by atoms with Crippen molar-refractivity contribution in [3.63, 3.8) is 0 Å². The summed E-state index contributed by atoms with van der Waals surface area (Å²) in [5.74, 6) is 0.655. The minimum Gasteiger partial charge on any atom is -0.406 e. The van der Waals surface area contributed by atoms with E-state index in [2.05, 4.69) is 0 Å². The molecular formula is C10H12N2O3. The summed E-state index contributed by atoms with van der Waals surface area (Å²) in [5.41, 5.74) is 0.0868. The molecule has 1 aliphatic rings. The lowest BCUT2D eigenvalue weighted by Crippen LogP contribution is -2.23. The molecular weight excluding hydrogens is 196 g/mol. The van der Waals surface area contributed by atoms with Crippen LogP contribution in [0.4, 0.5) is 5.69 Å². The van der Waals surface area contributed by atoms with Gasteiger partial charge in [-0.25, -0.2) is 0 Å². The Morgan fingerprint density at radius 3 is 2.33 bits per heavy atom. The highest BCUT2D eigenvalue weighted by Gasteiger charge is 2.13. The largest absolute Gasteiger partial charge is 0.406 e. The van der Waals surface area contributed by atoms with Gasteiger partial charge in [-0.2, -0.15) is 0 Å². The fourth-order valence-corrected chi connectivity index (χ4v) is 1.56. The Kier molecular flexibility index (Phi) is 2.82. The molecule has 5 nitrogen and oxygen atoms in total. The molecule has 0 spiro atoms. The second kappa shape index (κ2) is 4.27. The van der Waals surface area contributed by atoms with Crippen LogP contribution in [0.2, 0.25) is 0 Å². The van der Waals surface area contributed by atoms with Crippen LogP contribution in [0.15, 0.2) is 24.3 Å². The Morgan fingerprint density at radius 1 is 1.20 bits per heavy atom. The number of hydroxylamine groups is 2. The normalized spacial score (nSPS) is 16.5. The molecule has 1 aliphatic heterocycles. The van der Waals surface area contributed by atoms with Gasteiger partial charge >= 0.3 is 0 Å². The van der Waals surface area contributed by atoms with E-state index >= 15 is 0 Å². The zero-order valence-electron chi connectivity index (χ0n) is 8.26. The van der Waals surface area contributed by atoms with E-state index in [-0.39, 0.29) is 5.69 Å². The van der Waals surface area contributed by atoms with E-state index in [1.807, 2.05) is 5.06 Å². The molecule has 1 fully saturated rings. The van der Waals surface area contributed by atoms with Crippen molar-refractivity contribution in [3.8, 4) is 5.75 Å². The van der Waals surface area contributed by atoms with Gasteiger partial charge in [-0.3, -0.25) is 10.1 Å². The van der Waals surface area contributed by atoms with Crippen molar-refractivity contribution >= 4 is 5.69 Å². The summed E-state index contributed by atoms with van der Waals surface area (Å²) in [5, 5.41) is 12.3. The molecule has 0 atom stereocenters. The van der Waals surface area contributed by atoms with Crippen molar-refractivity contribution in [2.45, 2.75) is 12.8 Å². The van der Waals surface area contributed by atoms with Crippen molar-refractivity contribution in [2.24, 2.45) is 0 Å². The Bertz CT molecular complexity index is 344. The average Bonchev–Trinajstić information content (AvgIpc) is 2.71. The Balaban J connectivity index is 2.00. The quantitative estimate of drug-likeness (QED) is 0.563. The fourth-order valence-electron chi connectivity index (χ4n) is 1.56. The predicted molar refractivity (Wildman–Crippen MR) is 54.5 cm³/mol. The standard InChI is InChI=1S/C10H12N2O3/c13-12(14)9-3-5-10(6-4-9)15-11-7-1-2-8-11/h3-6H,1-2,7-8H2. The fraction of sp³-hybridized carbons (Fsp3) is 0.400. The minimum atomic E-state index is -0.417. The van der Waals surface area contributed by atoms with Gasteiger partial charge in [-0.15, -0.1) is 5.06 Å². The summed E-state index contributed by atoms with van der Waals surface area (Å²) in [7, 11) is 0. The second-order valence-corrected chi connectivity index (χ2v) is 3.48. The number of rotatable bonds is 3. The maximum Gasteiger partial charge on any atom is 0.269 e. The van der Waals surface area contributed by atoms with E-state index in [4.69, 9.17) is 4.84 Å². The topological polar surface area (TPSA) is 55.6 Å². The van der Waals surface area contributed by atoms with Crippen molar-refractivity contribution < 1.29 is 9.76 Å². The third kappa shape index (κ3) is 2.44. The van der Waals surface area contributed by atoms with Gasteiger partial charge in [0.1, 0.15) is 5.75 Å². The van der Waals surface area contributed by atoms with Crippen LogP contribution in [-0.2, 0) is 0 Å². The van der Waals surface area contributed by atoms with E-state index in [1.165, 1.54) is 12.1 Å². The first-order valence-corrected chi connectivity index (χ1v) is 4.93. The summed E-state index contributed by atoms with van der Waals surface area (Å²) in [6.45, 7) is 1.86. The van der Waals surface area contributed by atoms with Gasteiger partial charge in [0.25, 0.3) is 5.69 Å². The number of nitro benzene ring substituents is 1. The lowest BCUT2D eigenvalue weighted by atomic mass is 10.3. The molecule has 0 N–H and O–H groups in total. The van der Waals surface area contributed by atoms with Crippen molar-refractivity contribution in [1.29, 1.82) is 0 Å². The number of nitro groups is 1. The molecule has 1 aromatic rings. The molecule has 5 heteroatoms. The molecule has 0 aliphatic carbocycles. The molecule has 1 heterocycles. The van der Waals surface area contributed by atoms with Crippen LogP contribution < -0.4 is 4.84 Å². The minimum absolute atomic E-state index is 0.0868. The van der Waals surface area contributed by atoms with Gasteiger partial charge < -0.3 is 4.84 Å². The summed E-state index contributed by atoms with van der Waals surface area (Å²) in [6, 6.07) is 6.14. The molecule has 0 bridgehead atoms. The maximum absolute atomic E-state index is 10.4. The van der Waals surface area contributed by atoms with E-state index in [1.54, 1.807) is 12.1 Å². The van der Waals surface area contributed by atoms with Crippen molar-refractivity contribution in [3.05, 3.63) is 34.4 Å². The van der Waals surface area contributed by atoms with Gasteiger partial charge in [-0.1, -0.05) is 0 Å². The summed E-state index contributed by atoms with van der Waals surface area (Å²) in [6.07, 6.45) is 2.29. The Morgan fingerprint density at radius 2 is 1.80 bits per heavy atom. The molecule has 2 rings (SSSR count). The highest BCUT2D eigenvalue weighted by atomic mass is 16.7. The highest BCUT2D eigenvalue weighted by Crippen LogP contribution is 2.19. The summed E-state index contributed by atoms with van der Waals surface area (Å²) >= 11 is 0. The second-order valence-electron chi connectivity index (χ2n) is 3.48. The first-order chi connectivity index (χ1) is 7.25. The zero-order chi connectivity index (χ0) is 10.7. The van der Waals surface area contributed by atoms with Gasteiger partial charge in [0, 0.05) is 25.2 Å². The Labute approximate surface area is 87.4 Å². The van der Waals surface area contributed by atoms with E-state index in [9.17, 15) is 10.1 Å². The zero-order valence-corrected chi connectivity index (χ0v) is 8.26. The lowest BCUT2D eigenvalue weighted by Gasteiger charge is -2.15. The molecule has 0 unspecified atom stereocenters. The van der Waals surface area contributed by atoms with Crippen LogP contribution in [0.25, 0.3) is 0 Å². The van der Waals surface area contributed by atoms with Crippen LogP contribution in [0.3, 0.4) is 0 Å². The molecule has 1 saturated heterocycles. The first-order valence-electron chi connectivity index (χ1n) is 4.93. The van der Waals surface area contributed by atoms with Crippen LogP contribution in [0.1, 0.15) is 12.8 Å². The van der Waals surface area contributed by atoms with Crippen LogP contribution in [0, 0.1) is 10.1 Å². The van der Waals surface area contributed by atoms with Gasteiger partial charge in [0.2, 0.25) is 0 Å². The molecule has 1 aromatic carbocycles. The predicted octanol–water partition coefficient (Wildman–Crippen LogP) is 1.98. The van der Waals surface area contributed by atoms with Gasteiger partial charge in [-0.05, 0) is 25.0 Å². The molecule has 0 radical (unpaired) electrons. The third-order valence-corrected chi connectivity index (χ3v) is 2.35.